The molecule has 0 saturated heterocycles. The van der Waals surface area contributed by atoms with E-state index in [2.05, 4.69) is 0 Å². The molecule has 12 heavy (non-hydrogen) atoms. The summed E-state index contributed by atoms with van der Waals surface area (Å²) in [6, 6.07) is 4.72. The van der Waals surface area contributed by atoms with Gasteiger partial charge in [-0.2, -0.15) is 0 Å². The highest BCUT2D eigenvalue weighted by molar-refractivity contribution is 6.32. The van der Waals surface area contributed by atoms with Crippen molar-refractivity contribution in [3.8, 4) is 5.75 Å². The Morgan fingerprint density at radius 1 is 1.50 bits per heavy atom. The quantitative estimate of drug-likeness (QED) is 0.745. The Balaban J connectivity index is 2.96. The molecule has 2 N–H and O–H groups in total. The third-order valence-corrected chi connectivity index (χ3v) is 2.05. The van der Waals surface area contributed by atoms with E-state index in [4.69, 9.17) is 16.7 Å². The van der Waals surface area contributed by atoms with Crippen molar-refractivity contribution in [1.29, 1.82) is 0 Å². The van der Waals surface area contributed by atoms with E-state index in [-0.39, 0.29) is 10.8 Å². The molecule has 1 rings (SSSR count). The van der Waals surface area contributed by atoms with E-state index in [1.807, 2.05) is 6.92 Å². The fourth-order valence-electron chi connectivity index (χ4n) is 0.966. The molecule has 1 unspecified atom stereocenters. The first-order valence-corrected chi connectivity index (χ1v) is 4.19. The third kappa shape index (κ3) is 1.90. The molecule has 2 nitrogen and oxygen atoms in total. The smallest absolute Gasteiger partial charge is 0.134 e. The van der Waals surface area contributed by atoms with Crippen LogP contribution < -0.4 is 0 Å². The molecule has 0 aliphatic heterocycles. The Morgan fingerprint density at radius 2 is 2.17 bits per heavy atom. The molecule has 3 heteroatoms. The number of halogens is 1. The van der Waals surface area contributed by atoms with E-state index in [0.717, 1.165) is 5.56 Å². The lowest BCUT2D eigenvalue weighted by atomic mass is 10.1. The molecule has 66 valence electrons. The molecule has 1 aromatic rings. The summed E-state index contributed by atoms with van der Waals surface area (Å²) >= 11 is 5.65. The summed E-state index contributed by atoms with van der Waals surface area (Å²) in [5.41, 5.74) is 0.736. The van der Waals surface area contributed by atoms with E-state index in [1.165, 1.54) is 6.07 Å². The number of hydrogen-bond acceptors (Lipinski definition) is 2. The van der Waals surface area contributed by atoms with Gasteiger partial charge in [-0.3, -0.25) is 0 Å². The maximum atomic E-state index is 9.40. The molecule has 0 bridgehead atoms. The van der Waals surface area contributed by atoms with E-state index < -0.39 is 6.10 Å². The van der Waals surface area contributed by atoms with E-state index in [1.54, 1.807) is 12.1 Å². The SMILES string of the molecule is CCC(O)c1ccc(O)c(Cl)c1. The lowest BCUT2D eigenvalue weighted by Crippen LogP contribution is -1.94. The summed E-state index contributed by atoms with van der Waals surface area (Å²) in [5, 5.41) is 18.8. The normalized spacial score (nSPS) is 12.9. The first kappa shape index (κ1) is 9.36. The van der Waals surface area contributed by atoms with E-state index >= 15 is 0 Å². The topological polar surface area (TPSA) is 40.5 Å². The second-order valence-corrected chi connectivity index (χ2v) is 3.04. The Morgan fingerprint density at radius 3 is 2.67 bits per heavy atom. The molecule has 0 amide bonds. The van der Waals surface area contributed by atoms with Crippen LogP contribution in [0.5, 0.6) is 5.75 Å². The summed E-state index contributed by atoms with van der Waals surface area (Å²) in [6.07, 6.45) is 0.143. The van der Waals surface area contributed by atoms with Crippen molar-refractivity contribution >= 4 is 11.6 Å². The molecule has 0 saturated carbocycles. The van der Waals surface area contributed by atoms with Gasteiger partial charge in [-0.25, -0.2) is 0 Å². The number of aliphatic hydroxyl groups is 1. The Hall–Kier alpha value is -0.730. The van der Waals surface area contributed by atoms with Crippen LogP contribution in [0, 0.1) is 0 Å². The van der Waals surface area contributed by atoms with Gasteiger partial charge in [0.15, 0.2) is 0 Å². The van der Waals surface area contributed by atoms with Crippen LogP contribution in [0.1, 0.15) is 25.0 Å². The number of rotatable bonds is 2. The molecule has 0 heterocycles. The molecule has 0 radical (unpaired) electrons. The standard InChI is InChI=1S/C9H11ClO2/c1-2-8(11)6-3-4-9(12)7(10)5-6/h3-5,8,11-12H,2H2,1H3. The minimum atomic E-state index is -0.497. The maximum absolute atomic E-state index is 9.40. The third-order valence-electron chi connectivity index (χ3n) is 1.74. The summed E-state index contributed by atoms with van der Waals surface area (Å²) in [4.78, 5) is 0. The van der Waals surface area contributed by atoms with Gasteiger partial charge in [0.05, 0.1) is 11.1 Å². The van der Waals surface area contributed by atoms with Gasteiger partial charge in [0, 0.05) is 0 Å². The minimum Gasteiger partial charge on any atom is -0.506 e. The highest BCUT2D eigenvalue weighted by Gasteiger charge is 2.06. The molecule has 0 fully saturated rings. The number of aliphatic hydroxyl groups excluding tert-OH is 1. The second-order valence-electron chi connectivity index (χ2n) is 2.63. The predicted molar refractivity (Wildman–Crippen MR) is 48.4 cm³/mol. The van der Waals surface area contributed by atoms with Gasteiger partial charge in [0.1, 0.15) is 5.75 Å². The van der Waals surface area contributed by atoms with Crippen LogP contribution in [0.3, 0.4) is 0 Å². The fraction of sp³-hybridized carbons (Fsp3) is 0.333. The second kappa shape index (κ2) is 3.78. The maximum Gasteiger partial charge on any atom is 0.134 e. The number of phenolic OH excluding ortho intramolecular Hbond substituents is 1. The Kier molecular flexibility index (Phi) is 2.95. The van der Waals surface area contributed by atoms with Gasteiger partial charge < -0.3 is 10.2 Å². The summed E-state index contributed by atoms with van der Waals surface area (Å²) < 4.78 is 0. The molecule has 1 aromatic carbocycles. The van der Waals surface area contributed by atoms with Crippen molar-refractivity contribution in [1.82, 2.24) is 0 Å². The van der Waals surface area contributed by atoms with Gasteiger partial charge in [-0.1, -0.05) is 24.6 Å². The lowest BCUT2D eigenvalue weighted by molar-refractivity contribution is 0.173. The van der Waals surface area contributed by atoms with Gasteiger partial charge in [0.25, 0.3) is 0 Å². The van der Waals surface area contributed by atoms with Crippen molar-refractivity contribution in [2.45, 2.75) is 19.4 Å². The monoisotopic (exact) mass is 186 g/mol. The van der Waals surface area contributed by atoms with Crippen molar-refractivity contribution in [3.05, 3.63) is 28.8 Å². The van der Waals surface area contributed by atoms with Crippen molar-refractivity contribution in [2.24, 2.45) is 0 Å². The highest BCUT2D eigenvalue weighted by Crippen LogP contribution is 2.27. The summed E-state index contributed by atoms with van der Waals surface area (Å²) in [7, 11) is 0. The molecular formula is C9H11ClO2. The van der Waals surface area contributed by atoms with Crippen molar-refractivity contribution < 1.29 is 10.2 Å². The summed E-state index contributed by atoms with van der Waals surface area (Å²) in [6.45, 7) is 1.88. The Labute approximate surface area is 76.4 Å². The van der Waals surface area contributed by atoms with Crippen LogP contribution in [-0.2, 0) is 0 Å². The largest absolute Gasteiger partial charge is 0.506 e. The average Bonchev–Trinajstić information content (AvgIpc) is 2.08. The number of aromatic hydroxyl groups is 1. The highest BCUT2D eigenvalue weighted by atomic mass is 35.5. The van der Waals surface area contributed by atoms with Crippen LogP contribution in [0.2, 0.25) is 5.02 Å². The number of phenols is 1. The first-order valence-electron chi connectivity index (χ1n) is 3.81. The molecule has 0 aliphatic rings. The number of hydrogen-bond donors (Lipinski definition) is 2. The van der Waals surface area contributed by atoms with Crippen molar-refractivity contribution in [3.63, 3.8) is 0 Å². The van der Waals surface area contributed by atoms with Gasteiger partial charge >= 0.3 is 0 Å². The zero-order chi connectivity index (χ0) is 9.14. The van der Waals surface area contributed by atoms with Gasteiger partial charge in [-0.15, -0.1) is 0 Å². The van der Waals surface area contributed by atoms with E-state index in [0.29, 0.717) is 6.42 Å². The molecule has 1 atom stereocenters. The van der Waals surface area contributed by atoms with Crippen LogP contribution in [0.4, 0.5) is 0 Å². The Bertz CT molecular complexity index is 273. The fourth-order valence-corrected chi connectivity index (χ4v) is 1.16. The molecular weight excluding hydrogens is 176 g/mol. The minimum absolute atomic E-state index is 0.0451. The zero-order valence-electron chi connectivity index (χ0n) is 6.79. The number of benzene rings is 1. The van der Waals surface area contributed by atoms with Crippen molar-refractivity contribution in [2.75, 3.05) is 0 Å². The summed E-state index contributed by atoms with van der Waals surface area (Å²) in [5.74, 6) is 0.0451. The van der Waals surface area contributed by atoms with Crippen LogP contribution in [0.15, 0.2) is 18.2 Å². The van der Waals surface area contributed by atoms with Gasteiger partial charge in [-0.05, 0) is 24.1 Å². The van der Waals surface area contributed by atoms with Crippen LogP contribution in [0.25, 0.3) is 0 Å². The molecule has 0 aliphatic carbocycles. The van der Waals surface area contributed by atoms with Gasteiger partial charge in [0.2, 0.25) is 0 Å². The van der Waals surface area contributed by atoms with Crippen LogP contribution in [-0.4, -0.2) is 10.2 Å². The average molecular weight is 187 g/mol. The zero-order valence-corrected chi connectivity index (χ0v) is 7.54. The first-order chi connectivity index (χ1) is 5.65. The molecule has 0 spiro atoms. The lowest BCUT2D eigenvalue weighted by Gasteiger charge is -2.08. The van der Waals surface area contributed by atoms with E-state index in [9.17, 15) is 5.11 Å². The molecule has 0 aromatic heterocycles. The predicted octanol–water partition coefficient (Wildman–Crippen LogP) is 2.49. The van der Waals surface area contributed by atoms with Crippen LogP contribution >= 0.6 is 11.6 Å².